The van der Waals surface area contributed by atoms with Gasteiger partial charge < -0.3 is 5.73 Å². The molecule has 0 aromatic carbocycles. The second-order valence-electron chi connectivity index (χ2n) is 6.22. The van der Waals surface area contributed by atoms with Crippen LogP contribution in [0.15, 0.2) is 0 Å². The number of alkyl halides is 8. The topological polar surface area (TPSA) is 26.0 Å². The molecule has 1 nitrogen and oxygen atoms in total. The van der Waals surface area contributed by atoms with Gasteiger partial charge in [0.2, 0.25) is 0 Å². The summed E-state index contributed by atoms with van der Waals surface area (Å²) in [5.41, 5.74) is 5.12. The molecule has 2 bridgehead atoms. The lowest BCUT2D eigenvalue weighted by molar-refractivity contribution is -0.347. The molecule has 4 unspecified atom stereocenters. The van der Waals surface area contributed by atoms with Crippen molar-refractivity contribution >= 4 is 92.8 Å². The summed E-state index contributed by atoms with van der Waals surface area (Å²) < 4.78 is -1.44. The van der Waals surface area contributed by atoms with E-state index in [0.717, 1.165) is 0 Å². The first-order valence-corrected chi connectivity index (χ1v) is 8.66. The summed E-state index contributed by atoms with van der Waals surface area (Å²) in [6, 6.07) is 0. The molecule has 9 heteroatoms. The molecule has 0 aromatic rings. The molecule has 0 radical (unpaired) electrons. The maximum Gasteiger partial charge on any atom is 0.147 e. The van der Waals surface area contributed by atoms with Crippen molar-refractivity contribution in [3.05, 3.63) is 0 Å². The van der Waals surface area contributed by atoms with Crippen molar-refractivity contribution in [2.75, 3.05) is 6.54 Å². The van der Waals surface area contributed by atoms with Crippen molar-refractivity contribution in [1.82, 2.24) is 0 Å². The molecule has 0 aliphatic heterocycles. The Morgan fingerprint density at radius 2 is 1.11 bits per heavy atom. The average Bonchev–Trinajstić information content (AvgIpc) is 2.41. The van der Waals surface area contributed by atoms with Crippen LogP contribution in [-0.2, 0) is 0 Å². The molecule has 19 heavy (non-hydrogen) atoms. The Morgan fingerprint density at radius 1 is 0.684 bits per heavy atom. The quantitative estimate of drug-likeness (QED) is 0.641. The largest absolute Gasteiger partial charge is 0.330 e. The third kappa shape index (κ3) is 0.528. The molecular formula is C10H5Cl8N. The lowest BCUT2D eigenvalue weighted by Crippen LogP contribution is -3.23. The van der Waals surface area contributed by atoms with Crippen LogP contribution in [0.25, 0.3) is 0 Å². The lowest BCUT2D eigenvalue weighted by Gasteiger charge is -3.05. The molecule has 0 spiro atoms. The Morgan fingerprint density at radius 3 is 1.47 bits per heavy atom. The van der Waals surface area contributed by atoms with Crippen molar-refractivity contribution < 1.29 is 0 Å². The van der Waals surface area contributed by atoms with E-state index >= 15 is 0 Å². The van der Waals surface area contributed by atoms with E-state index in [1.54, 1.807) is 0 Å². The van der Waals surface area contributed by atoms with Gasteiger partial charge in [0, 0.05) is 17.9 Å². The van der Waals surface area contributed by atoms with E-state index in [1.807, 2.05) is 0 Å². The van der Waals surface area contributed by atoms with Gasteiger partial charge in [-0.05, 0) is 0 Å². The Bertz CT molecular complexity index is 574. The van der Waals surface area contributed by atoms with Crippen molar-refractivity contribution in [1.29, 1.82) is 0 Å². The van der Waals surface area contributed by atoms with Crippen LogP contribution < -0.4 is 5.73 Å². The fraction of sp³-hybridized carbons (Fsp3) is 1.00. The molecule has 6 saturated carbocycles. The maximum atomic E-state index is 6.77. The van der Waals surface area contributed by atoms with Crippen molar-refractivity contribution in [2.24, 2.45) is 17.1 Å². The molecular weight excluding hydrogens is 418 g/mol. The summed E-state index contributed by atoms with van der Waals surface area (Å²) in [7, 11) is 0. The van der Waals surface area contributed by atoms with Crippen LogP contribution in [0.5, 0.6) is 0 Å². The van der Waals surface area contributed by atoms with E-state index in [-0.39, 0.29) is 6.54 Å². The number of hydrogen-bond donors (Lipinski definition) is 1. The Balaban J connectivity index is 1.95. The van der Waals surface area contributed by atoms with Gasteiger partial charge in [-0.2, -0.15) is 0 Å². The lowest BCUT2D eigenvalue weighted by atomic mass is 9.10. The van der Waals surface area contributed by atoms with Gasteiger partial charge in [-0.25, -0.2) is 0 Å². The van der Waals surface area contributed by atoms with Crippen molar-refractivity contribution in [3.63, 3.8) is 0 Å². The van der Waals surface area contributed by atoms with Crippen LogP contribution in [-0.4, -0.2) is 40.1 Å². The predicted molar refractivity (Wildman–Crippen MR) is 80.9 cm³/mol. The zero-order chi connectivity index (χ0) is 14.3. The van der Waals surface area contributed by atoms with Gasteiger partial charge in [-0.3, -0.25) is 0 Å². The van der Waals surface area contributed by atoms with Gasteiger partial charge >= 0.3 is 0 Å². The molecule has 6 rings (SSSR count). The highest BCUT2D eigenvalue weighted by Gasteiger charge is 3.32. The van der Waals surface area contributed by atoms with E-state index < -0.39 is 44.9 Å². The summed E-state index contributed by atoms with van der Waals surface area (Å²) in [4.78, 5) is -6.87. The van der Waals surface area contributed by atoms with E-state index in [4.69, 9.17) is 98.5 Å². The number of nitrogens with two attached hydrogens (primary N) is 1. The third-order valence-corrected chi connectivity index (χ3v) is 13.6. The van der Waals surface area contributed by atoms with E-state index in [9.17, 15) is 0 Å². The summed E-state index contributed by atoms with van der Waals surface area (Å²) in [5.74, 6) is -0.546. The number of hydrogen-bond acceptors (Lipinski definition) is 1. The summed E-state index contributed by atoms with van der Waals surface area (Å²) in [6.07, 6.45) is 0. The van der Waals surface area contributed by atoms with Crippen LogP contribution in [0.1, 0.15) is 0 Å². The molecule has 0 saturated heterocycles. The van der Waals surface area contributed by atoms with Gasteiger partial charge in [0.15, 0.2) is 0 Å². The first kappa shape index (κ1) is 13.7. The fourth-order valence-electron chi connectivity index (χ4n) is 6.39. The third-order valence-electron chi connectivity index (χ3n) is 6.66. The molecule has 106 valence electrons. The molecule has 2 N–H and O–H groups in total. The smallest absolute Gasteiger partial charge is 0.147 e. The fourth-order valence-corrected chi connectivity index (χ4v) is 13.9. The second kappa shape index (κ2) is 2.56. The number of halogens is 8. The van der Waals surface area contributed by atoms with E-state index in [2.05, 4.69) is 0 Å². The predicted octanol–water partition coefficient (Wildman–Crippen LogP) is 3.66. The van der Waals surface area contributed by atoms with Crippen LogP contribution >= 0.6 is 92.8 Å². The van der Waals surface area contributed by atoms with Gasteiger partial charge in [0.25, 0.3) is 0 Å². The maximum absolute atomic E-state index is 6.77. The normalized spacial score (nSPS) is 83.5. The van der Waals surface area contributed by atoms with Gasteiger partial charge in [-0.15, -0.1) is 69.6 Å². The summed E-state index contributed by atoms with van der Waals surface area (Å²) in [6.45, 7) is 0.166. The highest BCUT2D eigenvalue weighted by molar-refractivity contribution is 6.72. The average molecular weight is 423 g/mol. The minimum Gasteiger partial charge on any atom is -0.330 e. The highest BCUT2D eigenvalue weighted by Crippen LogP contribution is 3.16. The van der Waals surface area contributed by atoms with E-state index in [1.165, 1.54) is 0 Å². The number of rotatable bonds is 1. The molecule has 0 aromatic heterocycles. The van der Waals surface area contributed by atoms with Gasteiger partial charge in [0.05, 0.1) is 9.75 Å². The first-order chi connectivity index (χ1) is 8.43. The van der Waals surface area contributed by atoms with Crippen molar-refractivity contribution in [2.45, 2.75) is 33.6 Å². The van der Waals surface area contributed by atoms with Crippen LogP contribution in [0.3, 0.4) is 0 Å². The minimum atomic E-state index is -1.44. The molecule has 6 aliphatic carbocycles. The summed E-state index contributed by atoms with van der Waals surface area (Å²) in [5, 5.41) is 0. The first-order valence-electron chi connectivity index (χ1n) is 5.64. The van der Waals surface area contributed by atoms with Crippen molar-refractivity contribution in [3.8, 4) is 0 Å². The van der Waals surface area contributed by atoms with Crippen LogP contribution in [0.4, 0.5) is 0 Å². The Hall–Kier alpha value is 2.28. The molecule has 6 aliphatic rings. The second-order valence-corrected chi connectivity index (χ2v) is 11.1. The van der Waals surface area contributed by atoms with Crippen LogP contribution in [0.2, 0.25) is 0 Å². The SMILES string of the molecule is NCC12C3(Cl)[C@]4(Cl)C5(Cl)C(Cl)(Cl)C([C@@]14Cl)[C@@]2(Cl)[C@@]53Cl. The molecule has 0 amide bonds. The van der Waals surface area contributed by atoms with Gasteiger partial charge in [-0.1, -0.05) is 23.2 Å². The van der Waals surface area contributed by atoms with Crippen LogP contribution in [0, 0.1) is 11.3 Å². The summed E-state index contributed by atoms with van der Waals surface area (Å²) >= 11 is 53.3. The standard InChI is InChI=1S/C10H5Cl8N/c11-4-2-5(12)3(4,1-19)7(15)8(4,16)10(18,6(2,13)14)9(5,7)17/h2H,1,19H2/t2?,3?,4-,5+,7?,8-,9-,10?/m0/s1. The Labute approximate surface area is 149 Å². The zero-order valence-electron chi connectivity index (χ0n) is 8.89. The minimum absolute atomic E-state index is 0.166. The molecule has 0 heterocycles. The van der Waals surface area contributed by atoms with Gasteiger partial charge in [0.1, 0.15) is 23.8 Å². The molecule has 8 atom stereocenters. The Kier molecular flexibility index (Phi) is 1.84. The highest BCUT2D eigenvalue weighted by atomic mass is 35.5. The zero-order valence-corrected chi connectivity index (χ0v) is 14.9. The monoisotopic (exact) mass is 419 g/mol. The molecule has 6 fully saturated rings. The van der Waals surface area contributed by atoms with E-state index in [0.29, 0.717) is 0 Å².